The highest BCUT2D eigenvalue weighted by atomic mass is 127. The lowest BCUT2D eigenvalue weighted by atomic mass is 10.2. The Balaban J connectivity index is 0.00000320. The number of unbranched alkanes of at least 4 members (excludes halogenated alkanes) is 1. The van der Waals surface area contributed by atoms with Crippen molar-refractivity contribution < 1.29 is 0 Å². The average Bonchev–Trinajstić information content (AvgIpc) is 3.35. The van der Waals surface area contributed by atoms with Crippen LogP contribution in [-0.2, 0) is 6.54 Å². The van der Waals surface area contributed by atoms with Gasteiger partial charge in [-0.3, -0.25) is 0 Å². The highest BCUT2D eigenvalue weighted by Crippen LogP contribution is 2.17. The smallest absolute Gasteiger partial charge is 0.191 e. The van der Waals surface area contributed by atoms with Crippen LogP contribution < -0.4 is 10.6 Å². The van der Waals surface area contributed by atoms with Gasteiger partial charge in [0.05, 0.1) is 17.9 Å². The normalized spacial score (nSPS) is 14.6. The molecule has 0 radical (unpaired) electrons. The fraction of sp³-hybridized carbons (Fsp3) is 0.565. The lowest BCUT2D eigenvalue weighted by Crippen LogP contribution is -2.38. The molecule has 30 heavy (non-hydrogen) atoms. The lowest BCUT2D eigenvalue weighted by molar-refractivity contribution is 0.330. The number of nitrogens with one attached hydrogen (secondary N) is 2. The fourth-order valence-electron chi connectivity index (χ4n) is 3.90. The second-order valence-electron chi connectivity index (χ2n) is 7.85. The molecule has 2 N–H and O–H groups in total. The highest BCUT2D eigenvalue weighted by Gasteiger charge is 2.10. The first-order chi connectivity index (χ1) is 14.2. The summed E-state index contributed by atoms with van der Waals surface area (Å²) in [7, 11) is 0. The van der Waals surface area contributed by atoms with Crippen molar-refractivity contribution in [1.82, 2.24) is 25.3 Å². The number of halogens is 1. The monoisotopic (exact) mass is 524 g/mol. The molecule has 1 aromatic heterocycles. The molecule has 0 bridgehead atoms. The van der Waals surface area contributed by atoms with Crippen molar-refractivity contribution >= 4 is 29.9 Å². The van der Waals surface area contributed by atoms with Gasteiger partial charge in [0.15, 0.2) is 5.96 Å². The Morgan fingerprint density at radius 3 is 2.57 bits per heavy atom. The number of benzene rings is 1. The second-order valence-corrected chi connectivity index (χ2v) is 7.85. The van der Waals surface area contributed by atoms with E-state index in [0.717, 1.165) is 36.1 Å². The Labute approximate surface area is 198 Å². The summed E-state index contributed by atoms with van der Waals surface area (Å²) >= 11 is 0. The van der Waals surface area contributed by atoms with Crippen LogP contribution in [0.3, 0.4) is 0 Å². The molecule has 1 aliphatic heterocycles. The van der Waals surface area contributed by atoms with Crippen LogP contribution in [0.15, 0.2) is 35.3 Å². The summed E-state index contributed by atoms with van der Waals surface area (Å²) in [5.74, 6) is 0.886. The Morgan fingerprint density at radius 2 is 1.87 bits per heavy atom. The Bertz CT molecular complexity index is 795. The van der Waals surface area contributed by atoms with Gasteiger partial charge >= 0.3 is 0 Å². The maximum atomic E-state index is 4.82. The molecule has 166 valence electrons. The third-order valence-electron chi connectivity index (χ3n) is 5.37. The molecular formula is C23H37IN6. The van der Waals surface area contributed by atoms with Gasteiger partial charge in [-0.25, -0.2) is 9.67 Å². The van der Waals surface area contributed by atoms with Crippen molar-refractivity contribution in [1.29, 1.82) is 0 Å². The topological polar surface area (TPSA) is 57.5 Å². The molecule has 1 aromatic carbocycles. The molecule has 0 saturated carbocycles. The number of likely N-dealkylation sites (tertiary alicyclic amines) is 1. The SMILES string of the molecule is CCNC(=NCc1ccccc1-n1nc(C)cc1C)NCCCCN1CCCC1.I. The molecule has 6 nitrogen and oxygen atoms in total. The zero-order valence-corrected chi connectivity index (χ0v) is 21.0. The van der Waals surface area contributed by atoms with Crippen LogP contribution in [0, 0.1) is 13.8 Å². The number of guanidine groups is 1. The number of hydrogen-bond donors (Lipinski definition) is 2. The van der Waals surface area contributed by atoms with Crippen molar-refractivity contribution in [2.24, 2.45) is 4.99 Å². The zero-order valence-electron chi connectivity index (χ0n) is 18.7. The Morgan fingerprint density at radius 1 is 1.10 bits per heavy atom. The number of aliphatic imine (C=N–C) groups is 1. The molecule has 2 heterocycles. The summed E-state index contributed by atoms with van der Waals surface area (Å²) in [5, 5.41) is 11.5. The molecule has 0 amide bonds. The van der Waals surface area contributed by atoms with Crippen LogP contribution in [0.4, 0.5) is 0 Å². The quantitative estimate of drug-likeness (QED) is 0.225. The zero-order chi connectivity index (χ0) is 20.5. The van der Waals surface area contributed by atoms with Crippen molar-refractivity contribution in [3.63, 3.8) is 0 Å². The minimum atomic E-state index is 0. The maximum Gasteiger partial charge on any atom is 0.191 e. The molecule has 3 rings (SSSR count). The van der Waals surface area contributed by atoms with Crippen LogP contribution in [0.2, 0.25) is 0 Å². The number of rotatable bonds is 9. The summed E-state index contributed by atoms with van der Waals surface area (Å²) in [5.41, 5.74) is 4.44. The molecule has 1 saturated heterocycles. The molecule has 2 aromatic rings. The fourth-order valence-corrected chi connectivity index (χ4v) is 3.90. The molecule has 0 aliphatic carbocycles. The van der Waals surface area contributed by atoms with Gasteiger partial charge < -0.3 is 15.5 Å². The van der Waals surface area contributed by atoms with E-state index in [2.05, 4.69) is 64.8 Å². The third kappa shape index (κ3) is 7.27. The predicted molar refractivity (Wildman–Crippen MR) is 136 cm³/mol. The number of aromatic nitrogens is 2. The predicted octanol–water partition coefficient (Wildman–Crippen LogP) is 4.04. The first kappa shape index (κ1) is 24.7. The number of para-hydroxylation sites is 1. The summed E-state index contributed by atoms with van der Waals surface area (Å²) < 4.78 is 2.01. The Hall–Kier alpha value is -1.61. The number of hydrogen-bond acceptors (Lipinski definition) is 3. The molecule has 0 spiro atoms. The van der Waals surface area contributed by atoms with Crippen LogP contribution in [0.25, 0.3) is 5.69 Å². The van der Waals surface area contributed by atoms with Crippen LogP contribution in [0.1, 0.15) is 49.6 Å². The second kappa shape index (κ2) is 12.9. The van der Waals surface area contributed by atoms with Gasteiger partial charge in [-0.1, -0.05) is 18.2 Å². The van der Waals surface area contributed by atoms with E-state index in [0.29, 0.717) is 6.54 Å². The van der Waals surface area contributed by atoms with Gasteiger partial charge in [0.2, 0.25) is 0 Å². The lowest BCUT2D eigenvalue weighted by Gasteiger charge is -2.15. The van der Waals surface area contributed by atoms with E-state index >= 15 is 0 Å². The molecule has 1 aliphatic rings. The molecule has 1 fully saturated rings. The van der Waals surface area contributed by atoms with Crippen LogP contribution in [-0.4, -0.2) is 53.4 Å². The van der Waals surface area contributed by atoms with Crippen molar-refractivity contribution in [2.75, 3.05) is 32.7 Å². The summed E-state index contributed by atoms with van der Waals surface area (Å²) in [6.45, 7) is 12.5. The van der Waals surface area contributed by atoms with E-state index in [-0.39, 0.29) is 24.0 Å². The Kier molecular flexibility index (Phi) is 10.6. The molecule has 0 atom stereocenters. The van der Waals surface area contributed by atoms with Crippen molar-refractivity contribution in [2.45, 2.75) is 53.0 Å². The summed E-state index contributed by atoms with van der Waals surface area (Å²) in [4.78, 5) is 7.40. The highest BCUT2D eigenvalue weighted by molar-refractivity contribution is 14.0. The van der Waals surface area contributed by atoms with E-state index in [1.54, 1.807) is 0 Å². The van der Waals surface area contributed by atoms with E-state index in [1.165, 1.54) is 50.9 Å². The van der Waals surface area contributed by atoms with E-state index in [1.807, 2.05) is 11.6 Å². The minimum absolute atomic E-state index is 0. The van der Waals surface area contributed by atoms with Gasteiger partial charge in [0, 0.05) is 18.8 Å². The summed E-state index contributed by atoms with van der Waals surface area (Å²) in [6.07, 6.45) is 5.15. The van der Waals surface area contributed by atoms with Crippen molar-refractivity contribution in [3.8, 4) is 5.69 Å². The van der Waals surface area contributed by atoms with E-state index in [9.17, 15) is 0 Å². The first-order valence-electron chi connectivity index (χ1n) is 11.0. The molecular weight excluding hydrogens is 487 g/mol. The average molecular weight is 524 g/mol. The van der Waals surface area contributed by atoms with Crippen molar-refractivity contribution in [3.05, 3.63) is 47.3 Å². The van der Waals surface area contributed by atoms with Gasteiger partial charge in [-0.05, 0) is 83.8 Å². The van der Waals surface area contributed by atoms with Gasteiger partial charge in [0.1, 0.15) is 0 Å². The van der Waals surface area contributed by atoms with Gasteiger partial charge in [0.25, 0.3) is 0 Å². The molecule has 7 heteroatoms. The number of nitrogens with zero attached hydrogens (tertiary/aromatic N) is 4. The summed E-state index contributed by atoms with van der Waals surface area (Å²) in [6, 6.07) is 10.5. The largest absolute Gasteiger partial charge is 0.357 e. The maximum absolute atomic E-state index is 4.82. The van der Waals surface area contributed by atoms with Crippen LogP contribution in [0.5, 0.6) is 0 Å². The first-order valence-corrected chi connectivity index (χ1v) is 11.0. The third-order valence-corrected chi connectivity index (χ3v) is 5.37. The van der Waals surface area contributed by atoms with Gasteiger partial charge in [-0.2, -0.15) is 5.10 Å². The van der Waals surface area contributed by atoms with Crippen LogP contribution >= 0.6 is 24.0 Å². The number of aryl methyl sites for hydroxylation is 2. The van der Waals surface area contributed by atoms with E-state index < -0.39 is 0 Å². The van der Waals surface area contributed by atoms with Gasteiger partial charge in [-0.15, -0.1) is 24.0 Å². The van der Waals surface area contributed by atoms with E-state index in [4.69, 9.17) is 4.99 Å². The minimum Gasteiger partial charge on any atom is -0.357 e. The molecule has 0 unspecified atom stereocenters. The standard InChI is InChI=1S/C23H36N6.HI/c1-4-24-23(25-13-7-8-14-28-15-9-10-16-28)26-18-21-11-5-6-12-22(21)29-20(3)17-19(2)27-29;/h5-6,11-12,17H,4,7-10,13-16,18H2,1-3H3,(H2,24,25,26);1H.